The number of H-pyrrole nitrogens is 1. The van der Waals surface area contributed by atoms with Gasteiger partial charge in [0.1, 0.15) is 0 Å². The summed E-state index contributed by atoms with van der Waals surface area (Å²) < 4.78 is 4.83. The van der Waals surface area contributed by atoms with Gasteiger partial charge in [-0.3, -0.25) is 0 Å². The molecule has 2 rings (SSSR count). The minimum absolute atomic E-state index is 0. The molecule has 0 amide bonds. The maximum Gasteiger partial charge on any atom is 0.0925 e. The Bertz CT molecular complexity index is 228. The fraction of sp³-hybridized carbons (Fsp3) is 0.500. The summed E-state index contributed by atoms with van der Waals surface area (Å²) in [7, 11) is 3.37. The summed E-state index contributed by atoms with van der Waals surface area (Å²) >= 11 is 0. The smallest absolute Gasteiger partial charge is 0.0925 e. The molecule has 1 atom stereocenters. The molecule has 1 radical (unpaired) electrons. The maximum absolute atomic E-state index is 4.83. The van der Waals surface area contributed by atoms with E-state index >= 15 is 0 Å². The molecule has 0 saturated carbocycles. The number of aromatic amines is 1. The normalized spacial score (nSPS) is 15.8. The van der Waals surface area contributed by atoms with Gasteiger partial charge in [0, 0.05) is 30.9 Å². The van der Waals surface area contributed by atoms with Crippen LogP contribution in [0.2, 0.25) is 0 Å². The van der Waals surface area contributed by atoms with Crippen molar-refractivity contribution in [2.45, 2.75) is 12.8 Å². The van der Waals surface area contributed by atoms with Crippen LogP contribution in [0.4, 0.5) is 0 Å². The summed E-state index contributed by atoms with van der Waals surface area (Å²) in [6.45, 7) is 0.740. The first-order valence-corrected chi connectivity index (χ1v) is 3.78. The maximum atomic E-state index is 4.83. The van der Waals surface area contributed by atoms with Gasteiger partial charge in [0.05, 0.1) is 12.0 Å². The van der Waals surface area contributed by atoms with E-state index in [1.54, 1.807) is 6.33 Å². The van der Waals surface area contributed by atoms with Crippen LogP contribution in [0, 0.1) is 13.0 Å². The number of aromatic nitrogens is 2. The van der Waals surface area contributed by atoms with Gasteiger partial charge in [0.2, 0.25) is 0 Å². The molecule has 0 aliphatic heterocycles. The fourth-order valence-corrected chi connectivity index (χ4v) is 1.62. The summed E-state index contributed by atoms with van der Waals surface area (Å²) in [5.41, 5.74) is 2.47. The van der Waals surface area contributed by atoms with Gasteiger partial charge in [-0.1, -0.05) is 0 Å². The second kappa shape index (κ2) is 4.12. The van der Waals surface area contributed by atoms with Gasteiger partial charge >= 0.3 is 0 Å². The van der Waals surface area contributed by atoms with Crippen molar-refractivity contribution in [3.05, 3.63) is 24.8 Å². The fourth-order valence-electron chi connectivity index (χ4n) is 1.62. The predicted molar refractivity (Wildman–Crippen MR) is 40.8 cm³/mol. The Morgan fingerprint density at radius 1 is 1.67 bits per heavy atom. The van der Waals surface area contributed by atoms with Crippen molar-refractivity contribution < 1.29 is 23.3 Å². The molecule has 3 nitrogen and oxygen atoms in total. The topological polar surface area (TPSA) is 37.9 Å². The van der Waals surface area contributed by atoms with E-state index < -0.39 is 0 Å². The third kappa shape index (κ3) is 1.74. The van der Waals surface area contributed by atoms with Gasteiger partial charge in [-0.2, -0.15) is 0 Å². The van der Waals surface area contributed by atoms with Crippen LogP contribution in [0.3, 0.4) is 0 Å². The van der Waals surface area contributed by atoms with Crippen molar-refractivity contribution in [2.75, 3.05) is 6.61 Å². The Kier molecular flexibility index (Phi) is 3.38. The average Bonchev–Trinajstić information content (AvgIpc) is 2.46. The van der Waals surface area contributed by atoms with E-state index in [9.17, 15) is 0 Å². The molecule has 0 aromatic carbocycles. The van der Waals surface area contributed by atoms with E-state index in [0.29, 0.717) is 5.92 Å². The number of imidazole rings is 1. The molecule has 0 saturated heterocycles. The first-order chi connectivity index (χ1) is 5.40. The summed E-state index contributed by atoms with van der Waals surface area (Å²) in [4.78, 5) is 7.32. The second-order valence-electron chi connectivity index (χ2n) is 2.97. The molecule has 65 valence electrons. The molecule has 1 aliphatic carbocycles. The Hall–Kier alpha value is -0.246. The standard InChI is InChI=1S/C8H11N2O.V/c1-11-4-6-2-7-8(3-6)10-5-9-7;/h5-6H,1-4H2,(H,9,10);/q-1;. The number of nitrogens with one attached hydrogen (secondary N) is 1. The zero-order valence-corrected chi connectivity index (χ0v) is 8.18. The van der Waals surface area contributed by atoms with E-state index in [2.05, 4.69) is 17.1 Å². The van der Waals surface area contributed by atoms with Gasteiger partial charge in [-0.05, 0) is 18.8 Å². The number of hydrogen-bond donors (Lipinski definition) is 1. The van der Waals surface area contributed by atoms with E-state index in [1.807, 2.05) is 0 Å². The van der Waals surface area contributed by atoms with Crippen LogP contribution in [0.15, 0.2) is 6.33 Å². The molecule has 0 spiro atoms. The first kappa shape index (κ1) is 9.84. The van der Waals surface area contributed by atoms with E-state index in [0.717, 1.165) is 19.4 Å². The van der Waals surface area contributed by atoms with E-state index in [4.69, 9.17) is 4.74 Å². The van der Waals surface area contributed by atoms with Crippen LogP contribution in [0.25, 0.3) is 0 Å². The second-order valence-corrected chi connectivity index (χ2v) is 2.97. The molecular weight excluding hydrogens is 191 g/mol. The van der Waals surface area contributed by atoms with Crippen molar-refractivity contribution >= 4 is 0 Å². The predicted octanol–water partition coefficient (Wildman–Crippen LogP) is 0.930. The molecule has 1 aliphatic rings. The average molecular weight is 202 g/mol. The Morgan fingerprint density at radius 2 is 2.50 bits per heavy atom. The van der Waals surface area contributed by atoms with Gasteiger partial charge in [0.15, 0.2) is 0 Å². The number of rotatable bonds is 2. The van der Waals surface area contributed by atoms with Gasteiger partial charge < -0.3 is 9.72 Å². The summed E-state index contributed by atoms with van der Waals surface area (Å²) in [6, 6.07) is 0. The molecule has 0 fully saturated rings. The summed E-state index contributed by atoms with van der Waals surface area (Å²) in [6.07, 6.45) is 3.85. The third-order valence-electron chi connectivity index (χ3n) is 2.14. The molecule has 1 N–H and O–H groups in total. The number of nitrogens with zero attached hydrogens (tertiary/aromatic N) is 1. The quantitative estimate of drug-likeness (QED) is 0.724. The van der Waals surface area contributed by atoms with Crippen LogP contribution < -0.4 is 0 Å². The SMILES string of the molecule is [CH2-]OCC1Cc2nc[nH]c2C1.[V]. The number of fused-ring (bicyclic) bond motifs is 1. The Labute approximate surface area is 83.8 Å². The Balaban J connectivity index is 0.000000720. The van der Waals surface area contributed by atoms with E-state index in [-0.39, 0.29) is 18.6 Å². The van der Waals surface area contributed by atoms with Gasteiger partial charge in [-0.25, -0.2) is 12.1 Å². The van der Waals surface area contributed by atoms with Crippen LogP contribution in [-0.2, 0) is 36.1 Å². The zero-order chi connectivity index (χ0) is 7.68. The minimum atomic E-state index is 0. The van der Waals surface area contributed by atoms with Crippen LogP contribution in [0.1, 0.15) is 11.4 Å². The van der Waals surface area contributed by atoms with Crippen molar-refractivity contribution in [3.63, 3.8) is 0 Å². The molecular formula is C8H11N2OV-. The number of hydrogen-bond acceptors (Lipinski definition) is 2. The Morgan fingerprint density at radius 3 is 3.17 bits per heavy atom. The van der Waals surface area contributed by atoms with Gasteiger partial charge in [-0.15, -0.1) is 0 Å². The van der Waals surface area contributed by atoms with Crippen molar-refractivity contribution in [2.24, 2.45) is 5.92 Å². The minimum Gasteiger partial charge on any atom is -0.555 e. The molecule has 1 aromatic rings. The largest absolute Gasteiger partial charge is 0.555 e. The van der Waals surface area contributed by atoms with Crippen LogP contribution in [0.5, 0.6) is 0 Å². The van der Waals surface area contributed by atoms with Crippen molar-refractivity contribution in [3.8, 4) is 0 Å². The molecule has 1 unspecified atom stereocenters. The van der Waals surface area contributed by atoms with E-state index in [1.165, 1.54) is 11.4 Å². The summed E-state index contributed by atoms with van der Waals surface area (Å²) in [5, 5.41) is 0. The molecule has 0 bridgehead atoms. The molecule has 12 heavy (non-hydrogen) atoms. The first-order valence-electron chi connectivity index (χ1n) is 3.78. The molecule has 4 heteroatoms. The third-order valence-corrected chi connectivity index (χ3v) is 2.14. The van der Waals surface area contributed by atoms with Crippen LogP contribution in [-0.4, -0.2) is 16.6 Å². The van der Waals surface area contributed by atoms with Crippen molar-refractivity contribution in [1.29, 1.82) is 0 Å². The van der Waals surface area contributed by atoms with Crippen LogP contribution >= 0.6 is 0 Å². The van der Waals surface area contributed by atoms with Gasteiger partial charge in [0.25, 0.3) is 0 Å². The zero-order valence-electron chi connectivity index (χ0n) is 6.79. The monoisotopic (exact) mass is 202 g/mol. The molecule has 1 heterocycles. The van der Waals surface area contributed by atoms with Crippen molar-refractivity contribution in [1.82, 2.24) is 9.97 Å². The number of ether oxygens (including phenoxy) is 1. The summed E-state index contributed by atoms with van der Waals surface area (Å²) in [5.74, 6) is 0.586. The molecule has 1 aromatic heterocycles.